The lowest BCUT2D eigenvalue weighted by Gasteiger charge is -2.24. The Hall–Kier alpha value is -1.18. The predicted octanol–water partition coefficient (Wildman–Crippen LogP) is 3.37. The molecule has 0 atom stereocenters. The van der Waals surface area contributed by atoms with Gasteiger partial charge in [-0.1, -0.05) is 25.5 Å². The van der Waals surface area contributed by atoms with Crippen LogP contribution < -0.4 is 0 Å². The van der Waals surface area contributed by atoms with E-state index in [1.165, 1.54) is 6.07 Å². The molecular weight excluding hydrogens is 191 g/mol. The number of ketones is 1. The second kappa shape index (κ2) is 4.13. The van der Waals surface area contributed by atoms with Gasteiger partial charge in [0.05, 0.1) is 0 Å². The standard InChI is InChI=1S/C13H15FO/c1-2-10-11(7-4-8-12(10)14)13(15)9-5-3-6-9/h4,7-9H,2-3,5-6H2,1H3. The third-order valence-corrected chi connectivity index (χ3v) is 3.21. The molecule has 0 amide bonds. The molecule has 2 heteroatoms. The number of hydrogen-bond acceptors (Lipinski definition) is 1. The minimum atomic E-state index is -0.248. The Kier molecular flexibility index (Phi) is 2.85. The molecule has 15 heavy (non-hydrogen) atoms. The van der Waals surface area contributed by atoms with E-state index in [0.29, 0.717) is 17.5 Å². The van der Waals surface area contributed by atoms with E-state index in [9.17, 15) is 9.18 Å². The first-order chi connectivity index (χ1) is 7.24. The Bertz CT molecular complexity index is 380. The minimum absolute atomic E-state index is 0.137. The number of halogens is 1. The van der Waals surface area contributed by atoms with E-state index in [1.807, 2.05) is 6.92 Å². The van der Waals surface area contributed by atoms with Crippen molar-refractivity contribution in [2.75, 3.05) is 0 Å². The van der Waals surface area contributed by atoms with Gasteiger partial charge >= 0.3 is 0 Å². The second-order valence-corrected chi connectivity index (χ2v) is 4.11. The maximum absolute atomic E-state index is 13.4. The number of Topliss-reactive ketones (excluding diaryl/α,β-unsaturated/α-hetero) is 1. The summed E-state index contributed by atoms with van der Waals surface area (Å²) in [4.78, 5) is 12.0. The molecule has 80 valence electrons. The topological polar surface area (TPSA) is 17.1 Å². The molecule has 1 aromatic carbocycles. The summed E-state index contributed by atoms with van der Waals surface area (Å²) in [6.45, 7) is 1.88. The maximum atomic E-state index is 13.4. The van der Waals surface area contributed by atoms with Crippen molar-refractivity contribution in [3.63, 3.8) is 0 Å². The van der Waals surface area contributed by atoms with Crippen LogP contribution in [-0.4, -0.2) is 5.78 Å². The summed E-state index contributed by atoms with van der Waals surface area (Å²) in [5, 5.41) is 0. The molecule has 0 saturated heterocycles. The largest absolute Gasteiger partial charge is 0.294 e. The average Bonchev–Trinajstić information content (AvgIpc) is 2.14. The van der Waals surface area contributed by atoms with E-state index in [-0.39, 0.29) is 17.5 Å². The summed E-state index contributed by atoms with van der Waals surface area (Å²) < 4.78 is 13.4. The van der Waals surface area contributed by atoms with Gasteiger partial charge in [-0.05, 0) is 30.9 Å². The lowest BCUT2D eigenvalue weighted by Crippen LogP contribution is -2.23. The lowest BCUT2D eigenvalue weighted by molar-refractivity contribution is 0.0853. The van der Waals surface area contributed by atoms with Crippen LogP contribution in [-0.2, 0) is 6.42 Å². The number of carbonyl (C=O) groups is 1. The van der Waals surface area contributed by atoms with Gasteiger partial charge in [0.2, 0.25) is 0 Å². The first-order valence-electron chi connectivity index (χ1n) is 5.55. The SMILES string of the molecule is CCc1c(F)cccc1C(=O)C1CCC1. The van der Waals surface area contributed by atoms with Crippen molar-refractivity contribution in [1.82, 2.24) is 0 Å². The van der Waals surface area contributed by atoms with Crippen LogP contribution in [0.2, 0.25) is 0 Å². The fraction of sp³-hybridized carbons (Fsp3) is 0.462. The molecule has 0 unspecified atom stereocenters. The molecule has 0 aromatic heterocycles. The van der Waals surface area contributed by atoms with E-state index in [2.05, 4.69) is 0 Å². The minimum Gasteiger partial charge on any atom is -0.294 e. The molecule has 0 aliphatic heterocycles. The molecule has 1 saturated carbocycles. The van der Waals surface area contributed by atoms with Gasteiger partial charge in [0.15, 0.2) is 5.78 Å². The van der Waals surface area contributed by atoms with E-state index < -0.39 is 0 Å². The average molecular weight is 206 g/mol. The summed E-state index contributed by atoms with van der Waals surface area (Å²) in [6, 6.07) is 4.80. The Balaban J connectivity index is 2.33. The first kappa shape index (κ1) is 10.3. The molecule has 0 N–H and O–H groups in total. The van der Waals surface area contributed by atoms with Crippen LogP contribution in [0.4, 0.5) is 4.39 Å². The summed E-state index contributed by atoms with van der Waals surface area (Å²) in [6.07, 6.45) is 3.66. The van der Waals surface area contributed by atoms with Crippen molar-refractivity contribution in [1.29, 1.82) is 0 Å². The fourth-order valence-electron chi connectivity index (χ4n) is 2.04. The highest BCUT2D eigenvalue weighted by atomic mass is 19.1. The summed E-state index contributed by atoms with van der Waals surface area (Å²) >= 11 is 0. The van der Waals surface area contributed by atoms with Crippen LogP contribution in [0.15, 0.2) is 18.2 Å². The monoisotopic (exact) mass is 206 g/mol. The van der Waals surface area contributed by atoms with Crippen molar-refractivity contribution in [2.45, 2.75) is 32.6 Å². The van der Waals surface area contributed by atoms with Gasteiger partial charge < -0.3 is 0 Å². The highest BCUT2D eigenvalue weighted by Crippen LogP contribution is 2.31. The third-order valence-electron chi connectivity index (χ3n) is 3.21. The summed E-state index contributed by atoms with van der Waals surface area (Å²) in [5.41, 5.74) is 1.18. The van der Waals surface area contributed by atoms with E-state index >= 15 is 0 Å². The number of rotatable bonds is 3. The van der Waals surface area contributed by atoms with Crippen molar-refractivity contribution in [3.8, 4) is 0 Å². The van der Waals surface area contributed by atoms with Gasteiger partial charge in [0, 0.05) is 11.5 Å². The normalized spacial score (nSPS) is 16.1. The molecular formula is C13H15FO. The van der Waals surface area contributed by atoms with Gasteiger partial charge in [-0.3, -0.25) is 4.79 Å². The Labute approximate surface area is 89.3 Å². The van der Waals surface area contributed by atoms with E-state index in [0.717, 1.165) is 19.3 Å². The van der Waals surface area contributed by atoms with Crippen LogP contribution in [0.5, 0.6) is 0 Å². The fourth-order valence-corrected chi connectivity index (χ4v) is 2.04. The van der Waals surface area contributed by atoms with Crippen molar-refractivity contribution >= 4 is 5.78 Å². The van der Waals surface area contributed by atoms with Crippen LogP contribution in [0.3, 0.4) is 0 Å². The highest BCUT2D eigenvalue weighted by Gasteiger charge is 2.27. The zero-order chi connectivity index (χ0) is 10.8. The van der Waals surface area contributed by atoms with Crippen LogP contribution in [0.25, 0.3) is 0 Å². The molecule has 0 radical (unpaired) electrons. The van der Waals surface area contributed by atoms with Crippen LogP contribution in [0.1, 0.15) is 42.1 Å². The zero-order valence-electron chi connectivity index (χ0n) is 8.92. The lowest BCUT2D eigenvalue weighted by atomic mass is 9.79. The summed E-state index contributed by atoms with van der Waals surface area (Å²) in [5.74, 6) is 0.0392. The van der Waals surface area contributed by atoms with Crippen LogP contribution in [0, 0.1) is 11.7 Å². The van der Waals surface area contributed by atoms with Gasteiger partial charge in [-0.2, -0.15) is 0 Å². The Morgan fingerprint density at radius 2 is 2.20 bits per heavy atom. The van der Waals surface area contributed by atoms with Gasteiger partial charge in [0.25, 0.3) is 0 Å². The molecule has 0 bridgehead atoms. The molecule has 1 aromatic rings. The van der Waals surface area contributed by atoms with Crippen molar-refractivity contribution in [3.05, 3.63) is 35.1 Å². The molecule has 1 fully saturated rings. The molecule has 2 rings (SSSR count). The third kappa shape index (κ3) is 1.81. The van der Waals surface area contributed by atoms with E-state index in [4.69, 9.17) is 0 Å². The Morgan fingerprint density at radius 1 is 1.47 bits per heavy atom. The quantitative estimate of drug-likeness (QED) is 0.693. The number of benzene rings is 1. The molecule has 0 heterocycles. The summed E-state index contributed by atoms with van der Waals surface area (Å²) in [7, 11) is 0. The number of carbonyl (C=O) groups excluding carboxylic acids is 1. The van der Waals surface area contributed by atoms with Crippen molar-refractivity contribution < 1.29 is 9.18 Å². The molecule has 1 aliphatic carbocycles. The number of hydrogen-bond donors (Lipinski definition) is 0. The Morgan fingerprint density at radius 3 is 2.73 bits per heavy atom. The predicted molar refractivity (Wildman–Crippen MR) is 57.4 cm³/mol. The molecule has 1 nitrogen and oxygen atoms in total. The zero-order valence-corrected chi connectivity index (χ0v) is 8.92. The van der Waals surface area contributed by atoms with Crippen molar-refractivity contribution in [2.24, 2.45) is 5.92 Å². The van der Waals surface area contributed by atoms with Gasteiger partial charge in [-0.15, -0.1) is 0 Å². The second-order valence-electron chi connectivity index (χ2n) is 4.11. The molecule has 0 spiro atoms. The van der Waals surface area contributed by atoms with Gasteiger partial charge in [-0.25, -0.2) is 4.39 Å². The first-order valence-corrected chi connectivity index (χ1v) is 5.55. The smallest absolute Gasteiger partial charge is 0.166 e. The van der Waals surface area contributed by atoms with Gasteiger partial charge in [0.1, 0.15) is 5.82 Å². The maximum Gasteiger partial charge on any atom is 0.166 e. The van der Waals surface area contributed by atoms with Crippen LogP contribution >= 0.6 is 0 Å². The highest BCUT2D eigenvalue weighted by molar-refractivity contribution is 5.99. The van der Waals surface area contributed by atoms with E-state index in [1.54, 1.807) is 12.1 Å². The molecule has 1 aliphatic rings.